The van der Waals surface area contributed by atoms with Crippen LogP contribution in [0.3, 0.4) is 0 Å². The minimum Gasteiger partial charge on any atom is -0.414 e. The molecular weight excluding hydrogens is 537 g/mol. The molecule has 0 saturated carbocycles. The summed E-state index contributed by atoms with van der Waals surface area (Å²) in [7, 11) is -6.63. The third-order valence-corrected chi connectivity index (χ3v) is 26.6. The van der Waals surface area contributed by atoms with E-state index in [1.54, 1.807) is 0 Å². The normalized spacial score (nSPS) is 19.4. The molecule has 0 aliphatic heterocycles. The quantitative estimate of drug-likeness (QED) is 0.146. The lowest BCUT2D eigenvalue weighted by atomic mass is 9.81. The molecule has 37 heavy (non-hydrogen) atoms. The van der Waals surface area contributed by atoms with E-state index in [1.807, 2.05) is 0 Å². The van der Waals surface area contributed by atoms with Crippen LogP contribution in [0, 0.1) is 0 Å². The summed E-state index contributed by atoms with van der Waals surface area (Å²) in [5, 5.41) is -0.159. The van der Waals surface area contributed by atoms with Crippen molar-refractivity contribution in [2.24, 2.45) is 0 Å². The van der Waals surface area contributed by atoms with Crippen molar-refractivity contribution in [1.29, 1.82) is 0 Å². The summed E-state index contributed by atoms with van der Waals surface area (Å²) in [5.41, 5.74) is -0.207. The fraction of sp³-hybridized carbons (Fsp3) is 1.00. The van der Waals surface area contributed by atoms with E-state index in [0.29, 0.717) is 0 Å². The predicted molar refractivity (Wildman–Crippen MR) is 183 cm³/mol. The van der Waals surface area contributed by atoms with Crippen LogP contribution >= 0.6 is 0 Å². The molecule has 0 N–H and O–H groups in total. The number of hydrogen-bond acceptors (Lipinski definition) is 3. The Labute approximate surface area is 241 Å². The van der Waals surface area contributed by atoms with Gasteiger partial charge in [-0.3, -0.25) is 0 Å². The molecule has 0 radical (unpaired) electrons. The first kappa shape index (κ1) is 38.0. The van der Waals surface area contributed by atoms with Gasteiger partial charge in [-0.1, -0.05) is 74.2 Å². The molecule has 3 nitrogen and oxygen atoms in total. The van der Waals surface area contributed by atoms with Crippen LogP contribution in [0.15, 0.2) is 0 Å². The smallest absolute Gasteiger partial charge is 0.217 e. The standard InChI is InChI=1S/C29H70O3Si5/c1-18-26(7,37(17,25-24-33)30-27(8,19-2)34(9,10)11)28(20-3,21-4)31-36(15,16)29(22-5,23-6)32-35(12,13)14/h18-25H2,1-17,33H3. The van der Waals surface area contributed by atoms with Crippen molar-refractivity contribution in [2.45, 2.75) is 186 Å². The topological polar surface area (TPSA) is 27.7 Å². The molecule has 0 aliphatic carbocycles. The van der Waals surface area contributed by atoms with Gasteiger partial charge in [0.1, 0.15) is 0 Å². The minimum atomic E-state index is -2.31. The molecule has 0 fully saturated rings. The van der Waals surface area contributed by atoms with Gasteiger partial charge in [-0.05, 0) is 90.8 Å². The first-order chi connectivity index (χ1) is 16.5. The summed E-state index contributed by atoms with van der Waals surface area (Å²) in [4.78, 5) is 0. The molecule has 0 rings (SSSR count). The van der Waals surface area contributed by atoms with Crippen molar-refractivity contribution in [2.75, 3.05) is 0 Å². The van der Waals surface area contributed by atoms with Gasteiger partial charge in [0.15, 0.2) is 16.6 Å². The van der Waals surface area contributed by atoms with Crippen molar-refractivity contribution in [1.82, 2.24) is 0 Å². The zero-order chi connectivity index (χ0) is 29.8. The first-order valence-corrected chi connectivity index (χ1v) is 29.5. The zero-order valence-electron chi connectivity index (χ0n) is 28.9. The maximum atomic E-state index is 7.81. The van der Waals surface area contributed by atoms with Gasteiger partial charge in [0, 0.05) is 20.5 Å². The summed E-state index contributed by atoms with van der Waals surface area (Å²) in [6, 6.07) is 2.55. The molecule has 8 heteroatoms. The summed E-state index contributed by atoms with van der Waals surface area (Å²) in [6.45, 7) is 41.2. The molecule has 0 bridgehead atoms. The molecule has 0 aromatic rings. The summed E-state index contributed by atoms with van der Waals surface area (Å²) >= 11 is 0. The first-order valence-electron chi connectivity index (χ1n) is 15.6. The van der Waals surface area contributed by atoms with Crippen molar-refractivity contribution >= 4 is 43.3 Å². The van der Waals surface area contributed by atoms with Gasteiger partial charge >= 0.3 is 0 Å². The van der Waals surface area contributed by atoms with Gasteiger partial charge in [0.2, 0.25) is 8.32 Å². The highest BCUT2D eigenvalue weighted by atomic mass is 28.4. The zero-order valence-corrected chi connectivity index (χ0v) is 34.9. The van der Waals surface area contributed by atoms with Crippen LogP contribution in [0.2, 0.25) is 76.0 Å². The van der Waals surface area contributed by atoms with Crippen LogP contribution in [-0.4, -0.2) is 59.3 Å². The molecule has 0 saturated heterocycles. The van der Waals surface area contributed by atoms with Gasteiger partial charge in [0.25, 0.3) is 0 Å². The Kier molecular flexibility index (Phi) is 13.6. The highest BCUT2D eigenvalue weighted by Gasteiger charge is 2.64. The fourth-order valence-electron chi connectivity index (χ4n) is 7.17. The summed E-state index contributed by atoms with van der Waals surface area (Å²) in [6.07, 6.45) is 6.31. The second kappa shape index (κ2) is 13.3. The lowest BCUT2D eigenvalue weighted by molar-refractivity contribution is -0.0319. The number of rotatable bonds is 18. The Morgan fingerprint density at radius 2 is 1.05 bits per heavy atom. The molecule has 3 unspecified atom stereocenters. The average Bonchev–Trinajstić information content (AvgIpc) is 2.78. The Hall–Kier alpha value is 0.964. The van der Waals surface area contributed by atoms with Crippen LogP contribution in [0.1, 0.15) is 93.9 Å². The fourth-order valence-corrected chi connectivity index (χ4v) is 24.9. The van der Waals surface area contributed by atoms with Gasteiger partial charge in [0.05, 0.1) is 18.9 Å². The van der Waals surface area contributed by atoms with Crippen molar-refractivity contribution in [3.63, 3.8) is 0 Å². The van der Waals surface area contributed by atoms with Gasteiger partial charge in [-0.25, -0.2) is 0 Å². The van der Waals surface area contributed by atoms with Gasteiger partial charge in [-0.2, -0.15) is 0 Å². The van der Waals surface area contributed by atoms with Crippen molar-refractivity contribution in [3.8, 4) is 0 Å². The van der Waals surface area contributed by atoms with Gasteiger partial charge < -0.3 is 13.3 Å². The Morgan fingerprint density at radius 1 is 0.595 bits per heavy atom. The van der Waals surface area contributed by atoms with E-state index in [1.165, 1.54) is 22.3 Å². The largest absolute Gasteiger partial charge is 0.414 e. The lowest BCUT2D eigenvalue weighted by Gasteiger charge is -2.62. The second-order valence-electron chi connectivity index (χ2n) is 14.8. The van der Waals surface area contributed by atoms with Crippen molar-refractivity contribution in [3.05, 3.63) is 0 Å². The maximum absolute atomic E-state index is 7.81. The highest BCUT2D eigenvalue weighted by Crippen LogP contribution is 2.60. The van der Waals surface area contributed by atoms with E-state index < -0.39 is 33.0 Å². The molecule has 0 aliphatic rings. The second-order valence-corrected chi connectivity index (χ2v) is 34.2. The van der Waals surface area contributed by atoms with E-state index in [0.717, 1.165) is 38.5 Å². The highest BCUT2D eigenvalue weighted by molar-refractivity contribution is 6.82. The molecule has 3 atom stereocenters. The van der Waals surface area contributed by atoms with E-state index in [9.17, 15) is 0 Å². The van der Waals surface area contributed by atoms with E-state index in [-0.39, 0.29) is 21.1 Å². The van der Waals surface area contributed by atoms with Crippen LogP contribution in [0.5, 0.6) is 0 Å². The Balaban J connectivity index is 7.15. The minimum absolute atomic E-state index is 0.0145. The summed E-state index contributed by atoms with van der Waals surface area (Å²) in [5.74, 6) is 0. The summed E-state index contributed by atoms with van der Waals surface area (Å²) < 4.78 is 22.6. The van der Waals surface area contributed by atoms with E-state index in [4.69, 9.17) is 13.3 Å². The molecule has 0 heterocycles. The SMILES string of the molecule is CCC(CC)(O[Si](C)(C)C(CC)(CC)O[Si](C)(C)C)C(C)(CC)[Si](C)(CC[SiH3])OC(C)(CC)[Si](C)(C)C. The van der Waals surface area contributed by atoms with Crippen LogP contribution < -0.4 is 0 Å². The van der Waals surface area contributed by atoms with E-state index in [2.05, 4.69) is 114 Å². The Morgan fingerprint density at radius 3 is 1.32 bits per heavy atom. The molecule has 0 aromatic carbocycles. The van der Waals surface area contributed by atoms with Gasteiger partial charge in [-0.15, -0.1) is 0 Å². The molecule has 0 amide bonds. The lowest BCUT2D eigenvalue weighted by Crippen LogP contribution is -2.69. The van der Waals surface area contributed by atoms with E-state index >= 15 is 0 Å². The maximum Gasteiger partial charge on any atom is 0.217 e. The van der Waals surface area contributed by atoms with Crippen molar-refractivity contribution < 1.29 is 13.3 Å². The molecule has 0 aromatic heterocycles. The Bertz CT molecular complexity index is 695. The average molecular weight is 607 g/mol. The predicted octanol–water partition coefficient (Wildman–Crippen LogP) is 9.31. The molecular formula is C29H70O3Si5. The monoisotopic (exact) mass is 606 g/mol. The molecule has 0 spiro atoms. The van der Waals surface area contributed by atoms with Crippen LogP contribution in [0.25, 0.3) is 0 Å². The number of hydrogen-bond donors (Lipinski definition) is 0. The molecule has 224 valence electrons. The van der Waals surface area contributed by atoms with Crippen LogP contribution in [0.4, 0.5) is 0 Å². The van der Waals surface area contributed by atoms with Crippen LogP contribution in [-0.2, 0) is 13.3 Å². The third-order valence-electron chi connectivity index (χ3n) is 10.7. The third kappa shape index (κ3) is 7.63.